The fourth-order valence-corrected chi connectivity index (χ4v) is 2.75. The van der Waals surface area contributed by atoms with E-state index in [1.54, 1.807) is 11.8 Å². The molecule has 1 N–H and O–H groups in total. The van der Waals surface area contributed by atoms with E-state index in [0.29, 0.717) is 37.9 Å². The quantitative estimate of drug-likeness (QED) is 0.645. The van der Waals surface area contributed by atoms with Gasteiger partial charge in [0.25, 0.3) is 0 Å². The highest BCUT2D eigenvalue weighted by molar-refractivity contribution is 7.80. The summed E-state index contributed by atoms with van der Waals surface area (Å²) in [5.41, 5.74) is 1.73. The number of esters is 1. The molecule has 136 valence electrons. The monoisotopic (exact) mass is 365 g/mol. The average Bonchev–Trinajstić information content (AvgIpc) is 2.63. The van der Waals surface area contributed by atoms with Gasteiger partial charge in [0.2, 0.25) is 0 Å². The zero-order valence-corrected chi connectivity index (χ0v) is 15.3. The van der Waals surface area contributed by atoms with Crippen molar-refractivity contribution in [3.8, 4) is 0 Å². The molecule has 8 heteroatoms. The number of thiocarbonyl (C=S) groups is 1. The summed E-state index contributed by atoms with van der Waals surface area (Å²) in [4.78, 5) is 26.7. The Hall–Kier alpha value is -2.35. The lowest BCUT2D eigenvalue weighted by Crippen LogP contribution is -2.51. The topological polar surface area (TPSA) is 71.1 Å². The van der Waals surface area contributed by atoms with Gasteiger partial charge < -0.3 is 24.6 Å². The zero-order valence-electron chi connectivity index (χ0n) is 14.5. The van der Waals surface area contributed by atoms with E-state index in [1.807, 2.05) is 29.2 Å². The van der Waals surface area contributed by atoms with Crippen LogP contribution in [0.1, 0.15) is 12.5 Å². The summed E-state index contributed by atoms with van der Waals surface area (Å²) < 4.78 is 9.66. The minimum Gasteiger partial charge on any atom is -0.469 e. The van der Waals surface area contributed by atoms with Gasteiger partial charge in [0.05, 0.1) is 20.1 Å². The van der Waals surface area contributed by atoms with Crippen molar-refractivity contribution in [2.45, 2.75) is 13.3 Å². The number of benzene rings is 1. The van der Waals surface area contributed by atoms with Gasteiger partial charge in [-0.15, -0.1) is 0 Å². The van der Waals surface area contributed by atoms with Crippen molar-refractivity contribution in [2.75, 3.05) is 45.2 Å². The Morgan fingerprint density at radius 1 is 1.12 bits per heavy atom. The molecule has 0 atom stereocenters. The fraction of sp³-hybridized carbons (Fsp3) is 0.471. The van der Waals surface area contributed by atoms with Crippen molar-refractivity contribution >= 4 is 35.1 Å². The van der Waals surface area contributed by atoms with Crippen molar-refractivity contribution in [1.29, 1.82) is 0 Å². The first kappa shape index (κ1) is 19.0. The molecule has 1 saturated heterocycles. The van der Waals surface area contributed by atoms with Crippen LogP contribution in [0, 0.1) is 0 Å². The van der Waals surface area contributed by atoms with Crippen LogP contribution in [-0.4, -0.2) is 66.9 Å². The Morgan fingerprint density at radius 2 is 1.72 bits per heavy atom. The summed E-state index contributed by atoms with van der Waals surface area (Å²) in [6.07, 6.45) is -0.0287. The number of nitrogens with one attached hydrogen (secondary N) is 1. The molecule has 7 nitrogen and oxygen atoms in total. The Balaban J connectivity index is 1.82. The molecule has 0 aromatic heterocycles. The van der Waals surface area contributed by atoms with Crippen LogP contribution in [0.3, 0.4) is 0 Å². The van der Waals surface area contributed by atoms with Crippen LogP contribution in [0.2, 0.25) is 0 Å². The second-order valence-corrected chi connectivity index (χ2v) is 5.94. The minimum atomic E-state index is -0.276. The molecule has 1 aliphatic rings. The Bertz CT molecular complexity index is 613. The molecular formula is C17H23N3O4S. The number of carbonyl (C=O) groups excluding carboxylic acids is 2. The number of rotatable bonds is 4. The van der Waals surface area contributed by atoms with Crippen LogP contribution in [0.5, 0.6) is 0 Å². The highest BCUT2D eigenvalue weighted by Gasteiger charge is 2.23. The van der Waals surface area contributed by atoms with Gasteiger partial charge in [-0.25, -0.2) is 4.79 Å². The first-order chi connectivity index (χ1) is 12.0. The SMILES string of the molecule is CCOC(=O)N1CCN(C(=S)Nc2ccc(CC(=O)OC)cc2)CC1. The van der Waals surface area contributed by atoms with E-state index in [-0.39, 0.29) is 18.5 Å². The predicted molar refractivity (Wildman–Crippen MR) is 98.6 cm³/mol. The van der Waals surface area contributed by atoms with E-state index in [1.165, 1.54) is 7.11 Å². The Labute approximate surface area is 152 Å². The Kier molecular flexibility index (Phi) is 7.00. The largest absolute Gasteiger partial charge is 0.469 e. The minimum absolute atomic E-state index is 0.247. The second kappa shape index (κ2) is 9.22. The molecule has 1 aromatic carbocycles. The lowest BCUT2D eigenvalue weighted by molar-refractivity contribution is -0.139. The van der Waals surface area contributed by atoms with Gasteiger partial charge in [-0.3, -0.25) is 4.79 Å². The number of methoxy groups -OCH3 is 1. The summed E-state index contributed by atoms with van der Waals surface area (Å²) >= 11 is 5.44. The van der Waals surface area contributed by atoms with Gasteiger partial charge in [-0.2, -0.15) is 0 Å². The average molecular weight is 365 g/mol. The van der Waals surface area contributed by atoms with Crippen LogP contribution < -0.4 is 5.32 Å². The summed E-state index contributed by atoms with van der Waals surface area (Å²) in [6.45, 7) is 4.65. The van der Waals surface area contributed by atoms with Gasteiger partial charge in [-0.1, -0.05) is 12.1 Å². The molecule has 1 heterocycles. The molecule has 1 aromatic rings. The Morgan fingerprint density at radius 3 is 2.28 bits per heavy atom. The fourth-order valence-electron chi connectivity index (χ4n) is 2.45. The maximum Gasteiger partial charge on any atom is 0.409 e. The molecule has 0 unspecified atom stereocenters. The summed E-state index contributed by atoms with van der Waals surface area (Å²) in [6, 6.07) is 7.47. The number of anilines is 1. The maximum absolute atomic E-state index is 11.7. The molecule has 1 aliphatic heterocycles. The van der Waals surface area contributed by atoms with Crippen molar-refractivity contribution in [1.82, 2.24) is 9.80 Å². The summed E-state index contributed by atoms with van der Waals surface area (Å²) in [7, 11) is 1.37. The van der Waals surface area contributed by atoms with E-state index < -0.39 is 0 Å². The van der Waals surface area contributed by atoms with Crippen LogP contribution in [0.15, 0.2) is 24.3 Å². The van der Waals surface area contributed by atoms with E-state index in [4.69, 9.17) is 17.0 Å². The predicted octanol–water partition coefficient (Wildman–Crippen LogP) is 1.87. The van der Waals surface area contributed by atoms with E-state index >= 15 is 0 Å². The molecule has 0 saturated carbocycles. The molecule has 0 aliphatic carbocycles. The molecular weight excluding hydrogens is 342 g/mol. The van der Waals surface area contributed by atoms with E-state index in [2.05, 4.69) is 10.1 Å². The number of carbonyl (C=O) groups is 2. The van der Waals surface area contributed by atoms with Crippen LogP contribution >= 0.6 is 12.2 Å². The van der Waals surface area contributed by atoms with Crippen molar-refractivity contribution < 1.29 is 19.1 Å². The number of piperazine rings is 1. The number of hydrogen-bond acceptors (Lipinski definition) is 5. The lowest BCUT2D eigenvalue weighted by atomic mass is 10.1. The molecule has 0 spiro atoms. The molecule has 0 radical (unpaired) electrons. The third-order valence-electron chi connectivity index (χ3n) is 3.87. The maximum atomic E-state index is 11.7. The van der Waals surface area contributed by atoms with Crippen LogP contribution in [0.25, 0.3) is 0 Å². The van der Waals surface area contributed by atoms with Gasteiger partial charge in [0.1, 0.15) is 0 Å². The molecule has 0 bridgehead atoms. The summed E-state index contributed by atoms with van der Waals surface area (Å²) in [5.74, 6) is -0.268. The third-order valence-corrected chi connectivity index (χ3v) is 4.23. The zero-order chi connectivity index (χ0) is 18.2. The van der Waals surface area contributed by atoms with Gasteiger partial charge in [0, 0.05) is 31.9 Å². The van der Waals surface area contributed by atoms with Gasteiger partial charge in [0.15, 0.2) is 5.11 Å². The molecule has 1 amide bonds. The normalized spacial score (nSPS) is 14.0. The highest BCUT2D eigenvalue weighted by Crippen LogP contribution is 2.13. The van der Waals surface area contributed by atoms with Gasteiger partial charge >= 0.3 is 12.1 Å². The summed E-state index contributed by atoms with van der Waals surface area (Å²) in [5, 5.41) is 3.80. The van der Waals surface area contributed by atoms with Crippen molar-refractivity contribution in [2.24, 2.45) is 0 Å². The van der Waals surface area contributed by atoms with Gasteiger partial charge in [-0.05, 0) is 36.8 Å². The third kappa shape index (κ3) is 5.60. The number of ether oxygens (including phenoxy) is 2. The number of nitrogens with zero attached hydrogens (tertiary/aromatic N) is 2. The van der Waals surface area contributed by atoms with E-state index in [9.17, 15) is 9.59 Å². The highest BCUT2D eigenvalue weighted by atomic mass is 32.1. The molecule has 25 heavy (non-hydrogen) atoms. The first-order valence-electron chi connectivity index (χ1n) is 8.17. The standard InChI is InChI=1S/C17H23N3O4S/c1-3-24-17(22)20-10-8-19(9-11-20)16(25)18-14-6-4-13(5-7-14)12-15(21)23-2/h4-7H,3,8-12H2,1-2H3,(H,18,25). The molecule has 2 rings (SSSR count). The molecule has 1 fully saturated rings. The van der Waals surface area contributed by atoms with Crippen LogP contribution in [-0.2, 0) is 20.7 Å². The first-order valence-corrected chi connectivity index (χ1v) is 8.57. The van der Waals surface area contributed by atoms with Crippen molar-refractivity contribution in [3.63, 3.8) is 0 Å². The lowest BCUT2D eigenvalue weighted by Gasteiger charge is -2.35. The second-order valence-electron chi connectivity index (χ2n) is 5.55. The van der Waals surface area contributed by atoms with E-state index in [0.717, 1.165) is 11.3 Å². The van der Waals surface area contributed by atoms with Crippen LogP contribution in [0.4, 0.5) is 10.5 Å². The number of hydrogen-bond donors (Lipinski definition) is 1. The smallest absolute Gasteiger partial charge is 0.409 e. The van der Waals surface area contributed by atoms with Crippen molar-refractivity contribution in [3.05, 3.63) is 29.8 Å². The number of amides is 1.